The maximum absolute atomic E-state index is 17.1. The van der Waals surface area contributed by atoms with Crippen LogP contribution in [-0.2, 0) is 29.4 Å². The van der Waals surface area contributed by atoms with E-state index in [2.05, 4.69) is 10.6 Å². The van der Waals surface area contributed by atoms with Crippen LogP contribution < -0.4 is 18.4 Å². The van der Waals surface area contributed by atoms with Crippen LogP contribution in [0.5, 0.6) is 0 Å². The van der Waals surface area contributed by atoms with Gasteiger partial charge in [-0.15, -0.1) is 0 Å². The molecular formula is C40H34F4N2S2Ti. The minimum atomic E-state index is -4.94. The maximum atomic E-state index is 17.1. The van der Waals surface area contributed by atoms with Crippen molar-refractivity contribution in [3.05, 3.63) is 175 Å². The van der Waals surface area contributed by atoms with Crippen LogP contribution in [0.15, 0.2) is 129 Å². The van der Waals surface area contributed by atoms with Crippen molar-refractivity contribution in [1.82, 2.24) is 10.6 Å². The van der Waals surface area contributed by atoms with Crippen molar-refractivity contribution in [2.75, 3.05) is 13.1 Å². The van der Waals surface area contributed by atoms with Crippen LogP contribution in [-0.4, -0.2) is 23.1 Å². The predicted octanol–water partition coefficient (Wildman–Crippen LogP) is 8.05. The Labute approximate surface area is 298 Å². The molecule has 9 heteroatoms. The number of hydrogen-bond acceptors (Lipinski definition) is 2. The summed E-state index contributed by atoms with van der Waals surface area (Å²) in [5.41, 5.74) is 2.17. The molecule has 0 fully saturated rings. The summed E-state index contributed by atoms with van der Waals surface area (Å²) in [6, 6.07) is 24.1. The fourth-order valence-electron chi connectivity index (χ4n) is 6.69. The summed E-state index contributed by atoms with van der Waals surface area (Å²) in [7, 11) is 0. The number of halogens is 4. The number of allylic oxidation sites excluding steroid dienone is 8. The average Bonchev–Trinajstić information content (AvgIpc) is 3.86. The van der Waals surface area contributed by atoms with E-state index in [0.29, 0.717) is 43.7 Å². The van der Waals surface area contributed by atoms with E-state index in [0.717, 1.165) is 11.1 Å². The van der Waals surface area contributed by atoms with E-state index in [1.807, 2.05) is 72.8 Å². The Balaban J connectivity index is 1.41. The molecular weight excluding hydrogens is 696 g/mol. The molecule has 2 nitrogen and oxygen atoms in total. The second-order valence-corrected chi connectivity index (χ2v) is 18.7. The zero-order valence-corrected chi connectivity index (χ0v) is 29.8. The second-order valence-electron chi connectivity index (χ2n) is 11.9. The van der Waals surface area contributed by atoms with Gasteiger partial charge in [-0.05, 0) is 0 Å². The van der Waals surface area contributed by atoms with E-state index < -0.39 is 39.9 Å². The molecule has 2 N–H and O–H groups in total. The number of rotatable bonds is 12. The molecule has 0 unspecified atom stereocenters. The standard InChI is InChI=1S/2C15H12F2NS.2C5H5.Ti/c2*16-13-7-6-11(14(17)10-13)8-9-18-15(19)12-4-2-1-3-5-12;2*1-2-4-5-3-1;/h2*1-7H,8-9H2,(H,18,19);2*1-3H,4H2;. The normalized spacial score (nSPS) is 13.7. The molecule has 0 atom stereocenters. The summed E-state index contributed by atoms with van der Waals surface area (Å²) >= 11 is 6.09. The Morgan fingerprint density at radius 3 is 1.35 bits per heavy atom. The van der Waals surface area contributed by atoms with E-state index in [1.165, 1.54) is 24.3 Å². The molecule has 0 amide bonds. The molecule has 0 heterocycles. The van der Waals surface area contributed by atoms with Gasteiger partial charge in [0.2, 0.25) is 0 Å². The number of nitrogens with one attached hydrogen (secondary N) is 2. The van der Waals surface area contributed by atoms with Gasteiger partial charge in [0.05, 0.1) is 0 Å². The third kappa shape index (κ3) is 7.20. The Kier molecular flexibility index (Phi) is 11.2. The first-order valence-corrected chi connectivity index (χ1v) is 20.1. The summed E-state index contributed by atoms with van der Waals surface area (Å²) in [5, 5.41) is 6.32. The van der Waals surface area contributed by atoms with Crippen molar-refractivity contribution < 1.29 is 34.2 Å². The van der Waals surface area contributed by atoms with Crippen LogP contribution in [0.1, 0.15) is 35.1 Å². The van der Waals surface area contributed by atoms with Crippen LogP contribution in [0.2, 0.25) is 0 Å². The van der Waals surface area contributed by atoms with Crippen molar-refractivity contribution in [3.8, 4) is 0 Å². The molecule has 0 bridgehead atoms. The molecule has 4 aromatic rings. The Bertz CT molecular complexity index is 1860. The van der Waals surface area contributed by atoms with Crippen LogP contribution >= 0.6 is 24.4 Å². The van der Waals surface area contributed by atoms with E-state index in [4.69, 9.17) is 24.4 Å². The summed E-state index contributed by atoms with van der Waals surface area (Å²) in [5.74, 6) is -3.11. The van der Waals surface area contributed by atoms with Gasteiger partial charge in [0, 0.05) is 0 Å². The molecule has 6 rings (SSSR count). The first-order valence-electron chi connectivity index (χ1n) is 16.2. The van der Waals surface area contributed by atoms with Crippen molar-refractivity contribution in [1.29, 1.82) is 0 Å². The fourth-order valence-corrected chi connectivity index (χ4v) is 15.5. The van der Waals surface area contributed by atoms with Crippen molar-refractivity contribution >= 4 is 42.1 Å². The number of benzene rings is 4. The van der Waals surface area contributed by atoms with Crippen molar-refractivity contribution in [3.63, 3.8) is 0 Å². The van der Waals surface area contributed by atoms with Crippen LogP contribution in [0.3, 0.4) is 0 Å². The zero-order valence-electron chi connectivity index (χ0n) is 26.6. The SMILES string of the molecule is Fc1ccc(CCNC(=S)c2ccccc2)c(F)[c]1[Ti]([C]1=CC=CC1)([C]1=CC=CC1)[c]1c(F)ccc(CCNC(=S)c2ccccc2)c1F. The first kappa shape index (κ1) is 34.9. The van der Waals surface area contributed by atoms with Gasteiger partial charge in [-0.1, -0.05) is 0 Å². The van der Waals surface area contributed by atoms with E-state index in [-0.39, 0.29) is 31.7 Å². The Hall–Kier alpha value is -3.95. The molecule has 2 aliphatic carbocycles. The van der Waals surface area contributed by atoms with Gasteiger partial charge in [-0.3, -0.25) is 0 Å². The molecule has 4 aromatic carbocycles. The topological polar surface area (TPSA) is 24.1 Å². The molecule has 248 valence electrons. The van der Waals surface area contributed by atoms with Crippen LogP contribution in [0.4, 0.5) is 17.6 Å². The van der Waals surface area contributed by atoms with Gasteiger partial charge in [-0.2, -0.15) is 0 Å². The van der Waals surface area contributed by atoms with E-state index in [9.17, 15) is 0 Å². The van der Waals surface area contributed by atoms with Gasteiger partial charge in [0.1, 0.15) is 0 Å². The van der Waals surface area contributed by atoms with Gasteiger partial charge >= 0.3 is 300 Å². The molecule has 2 aliphatic rings. The third-order valence-corrected chi connectivity index (χ3v) is 17.7. The molecule has 49 heavy (non-hydrogen) atoms. The third-order valence-electron chi connectivity index (χ3n) is 9.03. The first-order chi connectivity index (χ1) is 23.8. The molecule has 0 saturated carbocycles. The molecule has 0 radical (unpaired) electrons. The number of thiocarbonyl (C=S) groups is 2. The fraction of sp³-hybridized carbons (Fsp3) is 0.150. The summed E-state index contributed by atoms with van der Waals surface area (Å²) in [6.45, 7) is 0.584. The summed E-state index contributed by atoms with van der Waals surface area (Å²) < 4.78 is 67.9. The average molecular weight is 731 g/mol. The summed E-state index contributed by atoms with van der Waals surface area (Å²) in [6.07, 6.45) is 12.1. The van der Waals surface area contributed by atoms with E-state index >= 15 is 17.6 Å². The van der Waals surface area contributed by atoms with E-state index in [1.54, 1.807) is 24.3 Å². The molecule has 0 saturated heterocycles. The van der Waals surface area contributed by atoms with Gasteiger partial charge in [0.15, 0.2) is 0 Å². The van der Waals surface area contributed by atoms with Gasteiger partial charge in [0.25, 0.3) is 0 Å². The van der Waals surface area contributed by atoms with Crippen LogP contribution in [0.25, 0.3) is 0 Å². The minimum absolute atomic E-state index is 0.191. The molecule has 0 aromatic heterocycles. The quantitative estimate of drug-likeness (QED) is 0.0876. The zero-order chi connectivity index (χ0) is 34.4. The molecule has 0 spiro atoms. The number of hydrogen-bond donors (Lipinski definition) is 2. The Morgan fingerprint density at radius 2 is 0.980 bits per heavy atom. The van der Waals surface area contributed by atoms with Gasteiger partial charge < -0.3 is 0 Å². The van der Waals surface area contributed by atoms with Gasteiger partial charge in [-0.25, -0.2) is 0 Å². The summed E-state index contributed by atoms with van der Waals surface area (Å²) in [4.78, 5) is 1.03. The van der Waals surface area contributed by atoms with Crippen molar-refractivity contribution in [2.24, 2.45) is 0 Å². The predicted molar refractivity (Wildman–Crippen MR) is 195 cm³/mol. The monoisotopic (exact) mass is 730 g/mol. The van der Waals surface area contributed by atoms with Crippen molar-refractivity contribution in [2.45, 2.75) is 25.7 Å². The second kappa shape index (κ2) is 15.7. The van der Waals surface area contributed by atoms with Crippen LogP contribution in [0, 0.1) is 23.3 Å². The Morgan fingerprint density at radius 1 is 0.571 bits per heavy atom. The molecule has 0 aliphatic heterocycles.